The zero-order valence-electron chi connectivity index (χ0n) is 21.2. The Bertz CT molecular complexity index is 2350. The molecule has 0 aliphatic rings. The fourth-order valence-corrected chi connectivity index (χ4v) is 6.86. The molecule has 8 aromatic rings. The van der Waals surface area contributed by atoms with Gasteiger partial charge in [0.25, 0.3) is 0 Å². The molecule has 0 saturated heterocycles. The Kier molecular flexibility index (Phi) is 5.08. The van der Waals surface area contributed by atoms with E-state index in [4.69, 9.17) is 0 Å². The summed E-state index contributed by atoms with van der Waals surface area (Å²) in [5.41, 5.74) is 0. The van der Waals surface area contributed by atoms with Crippen LogP contribution in [-0.2, 0) is 0 Å². The third kappa shape index (κ3) is 3.37. The van der Waals surface area contributed by atoms with Gasteiger partial charge in [-0.3, -0.25) is 0 Å². The van der Waals surface area contributed by atoms with E-state index in [1.807, 2.05) is 0 Å². The molecule has 8 rings (SSSR count). The van der Waals surface area contributed by atoms with Gasteiger partial charge in [0.05, 0.1) is 0 Å². The van der Waals surface area contributed by atoms with Crippen LogP contribution in [0.4, 0.5) is 0 Å². The molecule has 39 heavy (non-hydrogen) atoms. The van der Waals surface area contributed by atoms with E-state index in [1.165, 1.54) is 75.4 Å². The monoisotopic (exact) mass is 558 g/mol. The van der Waals surface area contributed by atoms with Gasteiger partial charge in [0, 0.05) is 4.47 Å². The molecule has 1 heteroatoms. The van der Waals surface area contributed by atoms with Gasteiger partial charge in [-0.15, -0.1) is 0 Å². The fourth-order valence-electron chi connectivity index (χ4n) is 6.50. The third-order valence-electron chi connectivity index (χ3n) is 8.10. The van der Waals surface area contributed by atoms with Gasteiger partial charge in [-0.1, -0.05) is 143 Å². The molecule has 0 bridgehead atoms. The minimum atomic E-state index is 1.08. The molecular formula is C38H23Br. The van der Waals surface area contributed by atoms with Crippen LogP contribution in [0.2, 0.25) is 0 Å². The van der Waals surface area contributed by atoms with Gasteiger partial charge < -0.3 is 0 Å². The van der Waals surface area contributed by atoms with Crippen molar-refractivity contribution in [3.63, 3.8) is 0 Å². The normalized spacial score (nSPS) is 11.7. The first-order chi connectivity index (χ1) is 19.3. The quantitative estimate of drug-likeness (QED) is 0.162. The van der Waals surface area contributed by atoms with E-state index < -0.39 is 0 Å². The first-order valence-corrected chi connectivity index (χ1v) is 14.1. The van der Waals surface area contributed by atoms with Crippen LogP contribution >= 0.6 is 15.9 Å². The molecule has 0 radical (unpaired) electrons. The topological polar surface area (TPSA) is 0 Å². The minimum absolute atomic E-state index is 1.08. The van der Waals surface area contributed by atoms with Crippen molar-refractivity contribution in [2.45, 2.75) is 0 Å². The zero-order chi connectivity index (χ0) is 25.9. The minimum Gasteiger partial charge on any atom is -0.0616 e. The Morgan fingerprint density at radius 2 is 0.513 bits per heavy atom. The maximum absolute atomic E-state index is 3.83. The van der Waals surface area contributed by atoms with E-state index in [9.17, 15) is 0 Å². The SMILES string of the molecule is Brc1ccc2c3ccccc3c3ccccc3c3ccccc3c3c4ccccc4c4ccccc4c3c2c1. The molecule has 0 unspecified atom stereocenters. The molecule has 0 saturated carbocycles. The van der Waals surface area contributed by atoms with E-state index in [0.29, 0.717) is 0 Å². The highest BCUT2D eigenvalue weighted by Gasteiger charge is 2.14. The standard InChI is InChI=1S/C38H23Br/c39-24-21-22-32-28-14-4-2-12-26(28)25-11-1-3-13-27(25)29-15-5-8-18-33(29)37-34-19-9-6-16-30(34)31-17-7-10-20-35(31)38(37)36(32)23-24/h1-23H. The Morgan fingerprint density at radius 3 is 0.872 bits per heavy atom. The molecule has 0 aliphatic carbocycles. The van der Waals surface area contributed by atoms with E-state index in [-0.39, 0.29) is 0 Å². The molecule has 0 spiro atoms. The van der Waals surface area contributed by atoms with Gasteiger partial charge in [0.1, 0.15) is 0 Å². The Hall–Kier alpha value is -4.46. The van der Waals surface area contributed by atoms with Gasteiger partial charge in [-0.05, 0) is 87.5 Å². The maximum atomic E-state index is 3.83. The maximum Gasteiger partial charge on any atom is 0.0181 e. The average molecular weight is 560 g/mol. The molecule has 0 aliphatic heterocycles. The summed E-state index contributed by atoms with van der Waals surface area (Å²) in [4.78, 5) is 0. The van der Waals surface area contributed by atoms with Gasteiger partial charge in [0.2, 0.25) is 0 Å². The lowest BCUT2D eigenvalue weighted by Gasteiger charge is -2.15. The van der Waals surface area contributed by atoms with Crippen molar-refractivity contribution < 1.29 is 0 Å². The van der Waals surface area contributed by atoms with E-state index in [2.05, 4.69) is 155 Å². The van der Waals surface area contributed by atoms with Crippen molar-refractivity contribution in [1.82, 2.24) is 0 Å². The van der Waals surface area contributed by atoms with Crippen LogP contribution in [0.1, 0.15) is 0 Å². The lowest BCUT2D eigenvalue weighted by atomic mass is 9.89. The largest absolute Gasteiger partial charge is 0.0616 e. The molecule has 0 heterocycles. The molecule has 0 aromatic heterocycles. The molecular weight excluding hydrogens is 536 g/mol. The number of benzene rings is 7. The molecule has 0 fully saturated rings. The van der Waals surface area contributed by atoms with Crippen molar-refractivity contribution in [3.8, 4) is 0 Å². The van der Waals surface area contributed by atoms with Gasteiger partial charge in [-0.25, -0.2) is 0 Å². The van der Waals surface area contributed by atoms with Crippen LogP contribution in [-0.4, -0.2) is 0 Å². The summed E-state index contributed by atoms with van der Waals surface area (Å²) in [6, 6.07) is 51.2. The van der Waals surface area contributed by atoms with Crippen molar-refractivity contribution in [1.29, 1.82) is 0 Å². The van der Waals surface area contributed by atoms with Crippen LogP contribution in [0.15, 0.2) is 144 Å². The lowest BCUT2D eigenvalue weighted by molar-refractivity contribution is 1.75. The summed E-state index contributed by atoms with van der Waals surface area (Å²) in [6.07, 6.45) is 0. The van der Waals surface area contributed by atoms with Crippen molar-refractivity contribution in [3.05, 3.63) is 144 Å². The molecule has 0 N–H and O–H groups in total. The van der Waals surface area contributed by atoms with Crippen LogP contribution in [0, 0.1) is 0 Å². The molecule has 182 valence electrons. The summed E-state index contributed by atoms with van der Waals surface area (Å²) in [5, 5.41) is 17.7. The Morgan fingerprint density at radius 1 is 0.256 bits per heavy atom. The summed E-state index contributed by atoms with van der Waals surface area (Å²) in [5.74, 6) is 0. The highest BCUT2D eigenvalue weighted by atomic mass is 79.9. The van der Waals surface area contributed by atoms with Crippen LogP contribution in [0.5, 0.6) is 0 Å². The molecule has 8 aromatic carbocycles. The Balaban J connectivity index is 1.93. The summed E-state index contributed by atoms with van der Waals surface area (Å²) in [7, 11) is 0. The molecule has 0 nitrogen and oxygen atoms in total. The average Bonchev–Trinajstić information content (AvgIpc) is 3.00. The number of fused-ring (bicyclic) bond motifs is 15. The number of hydrogen-bond acceptors (Lipinski definition) is 0. The highest BCUT2D eigenvalue weighted by Crippen LogP contribution is 2.43. The lowest BCUT2D eigenvalue weighted by Crippen LogP contribution is -1.86. The number of hydrogen-bond donors (Lipinski definition) is 0. The van der Waals surface area contributed by atoms with Gasteiger partial charge in [0.15, 0.2) is 0 Å². The fraction of sp³-hybridized carbons (Fsp3) is 0. The summed E-state index contributed by atoms with van der Waals surface area (Å²) < 4.78 is 1.08. The second-order valence-electron chi connectivity index (χ2n) is 10.2. The van der Waals surface area contributed by atoms with Gasteiger partial charge in [-0.2, -0.15) is 0 Å². The first kappa shape index (κ1) is 22.5. The molecule has 0 atom stereocenters. The van der Waals surface area contributed by atoms with Crippen LogP contribution in [0.25, 0.3) is 75.4 Å². The third-order valence-corrected chi connectivity index (χ3v) is 8.60. The van der Waals surface area contributed by atoms with Gasteiger partial charge >= 0.3 is 0 Å². The smallest absolute Gasteiger partial charge is 0.0181 e. The van der Waals surface area contributed by atoms with E-state index in [0.717, 1.165) is 4.47 Å². The van der Waals surface area contributed by atoms with E-state index in [1.54, 1.807) is 0 Å². The Labute approximate surface area is 234 Å². The number of halogens is 1. The van der Waals surface area contributed by atoms with E-state index >= 15 is 0 Å². The summed E-state index contributed by atoms with van der Waals surface area (Å²) in [6.45, 7) is 0. The first-order valence-electron chi connectivity index (χ1n) is 13.3. The van der Waals surface area contributed by atoms with Crippen LogP contribution in [0.3, 0.4) is 0 Å². The second kappa shape index (κ2) is 8.80. The predicted octanol–water partition coefficient (Wildman–Crippen LogP) is 11.6. The zero-order valence-corrected chi connectivity index (χ0v) is 22.7. The van der Waals surface area contributed by atoms with Crippen LogP contribution < -0.4 is 0 Å². The van der Waals surface area contributed by atoms with Crippen molar-refractivity contribution in [2.75, 3.05) is 0 Å². The predicted molar refractivity (Wildman–Crippen MR) is 174 cm³/mol. The van der Waals surface area contributed by atoms with Crippen molar-refractivity contribution >= 4 is 91.3 Å². The second-order valence-corrected chi connectivity index (χ2v) is 11.1. The van der Waals surface area contributed by atoms with Crippen molar-refractivity contribution in [2.24, 2.45) is 0 Å². The highest BCUT2D eigenvalue weighted by molar-refractivity contribution is 9.10. The number of rotatable bonds is 0. The molecule has 0 amide bonds. The summed E-state index contributed by atoms with van der Waals surface area (Å²) >= 11 is 3.83.